The molecule has 0 aliphatic carbocycles. The normalized spacial score (nSPS) is 13.7. The molecule has 0 unspecified atom stereocenters. The highest BCUT2D eigenvalue weighted by atomic mass is 19.4. The van der Waals surface area contributed by atoms with E-state index in [1.165, 1.54) is 24.4 Å². The lowest BCUT2D eigenvalue weighted by atomic mass is 9.93. The number of halogens is 3. The first-order chi connectivity index (χ1) is 17.8. The van der Waals surface area contributed by atoms with Gasteiger partial charge in [-0.1, -0.05) is 13.8 Å². The first kappa shape index (κ1) is 31.8. The minimum absolute atomic E-state index is 0.0198. The Morgan fingerprint density at radius 2 is 1.67 bits per heavy atom. The van der Waals surface area contributed by atoms with Crippen molar-refractivity contribution in [3.8, 4) is 17.0 Å². The van der Waals surface area contributed by atoms with Gasteiger partial charge in [0, 0.05) is 17.3 Å². The van der Waals surface area contributed by atoms with Crippen LogP contribution in [0.25, 0.3) is 11.3 Å². The number of carbonyl (C=O) groups excluding carboxylic acids is 2. The highest BCUT2D eigenvalue weighted by Gasteiger charge is 2.36. The number of hydrogen-bond acceptors (Lipinski definition) is 8. The Morgan fingerprint density at radius 3 is 2.21 bits per heavy atom. The lowest BCUT2D eigenvalue weighted by Crippen LogP contribution is -2.43. The van der Waals surface area contributed by atoms with Gasteiger partial charge in [-0.3, -0.25) is 0 Å². The summed E-state index contributed by atoms with van der Waals surface area (Å²) < 4.78 is 57.9. The molecule has 39 heavy (non-hydrogen) atoms. The number of benzene rings is 1. The molecule has 0 radical (unpaired) electrons. The van der Waals surface area contributed by atoms with Gasteiger partial charge in [-0.15, -0.1) is 4.90 Å². The Balaban J connectivity index is 2.49. The molecular weight excluding hydrogens is 517 g/mol. The van der Waals surface area contributed by atoms with Gasteiger partial charge in [-0.05, 0) is 78.1 Å². The second-order valence-electron chi connectivity index (χ2n) is 11.2. The molecule has 2 aromatic rings. The Kier molecular flexibility index (Phi) is 9.94. The first-order valence-corrected chi connectivity index (χ1v) is 12.5. The lowest BCUT2D eigenvalue weighted by Gasteiger charge is -2.27. The molecule has 0 fully saturated rings. The second kappa shape index (κ2) is 12.2. The number of ether oxygens (including phenoxy) is 3. The Bertz CT molecular complexity index is 1160. The molecule has 12 heteroatoms. The maximum Gasteiger partial charge on any atom is 0.427 e. The van der Waals surface area contributed by atoms with E-state index in [-0.39, 0.29) is 29.5 Å². The van der Waals surface area contributed by atoms with Crippen molar-refractivity contribution in [3.63, 3.8) is 0 Å². The summed E-state index contributed by atoms with van der Waals surface area (Å²) in [5.41, 5.74) is 3.47. The summed E-state index contributed by atoms with van der Waals surface area (Å²) in [6.45, 7) is 13.5. The summed E-state index contributed by atoms with van der Waals surface area (Å²) >= 11 is 0. The molecule has 1 heterocycles. The predicted octanol–water partition coefficient (Wildman–Crippen LogP) is 6.59. The van der Waals surface area contributed by atoms with E-state index in [2.05, 4.69) is 9.97 Å². The SMILES string of the molecule is CC(C)C[C@](C)(N)COc1ccc(-c2ccnc(N(C(=O)OC(C)C)C(=O)OC(C)(C)C)n2)cc1C(F)(F)F. The van der Waals surface area contributed by atoms with Gasteiger partial charge in [0.25, 0.3) is 0 Å². The number of alkyl halides is 3. The fraction of sp³-hybridized carbons (Fsp3) is 0.556. The van der Waals surface area contributed by atoms with Crippen LogP contribution >= 0.6 is 0 Å². The monoisotopic (exact) mass is 554 g/mol. The third-order valence-electron chi connectivity index (χ3n) is 4.95. The van der Waals surface area contributed by atoms with Crippen molar-refractivity contribution in [1.82, 2.24) is 9.97 Å². The molecule has 0 aliphatic rings. The van der Waals surface area contributed by atoms with Crippen LogP contribution in [-0.4, -0.2) is 46.0 Å². The summed E-state index contributed by atoms with van der Waals surface area (Å²) in [4.78, 5) is 34.2. The van der Waals surface area contributed by atoms with Gasteiger partial charge >= 0.3 is 18.4 Å². The molecule has 2 amide bonds. The van der Waals surface area contributed by atoms with Crippen LogP contribution in [0.1, 0.15) is 67.4 Å². The molecule has 1 atom stereocenters. The molecule has 9 nitrogen and oxygen atoms in total. The maximum absolute atomic E-state index is 14.0. The molecule has 0 saturated heterocycles. The number of carbonyl (C=O) groups is 2. The first-order valence-electron chi connectivity index (χ1n) is 12.5. The minimum atomic E-state index is -4.74. The van der Waals surface area contributed by atoms with Gasteiger partial charge < -0.3 is 19.9 Å². The summed E-state index contributed by atoms with van der Waals surface area (Å²) in [5, 5.41) is 0. The van der Waals surface area contributed by atoms with E-state index >= 15 is 0 Å². The van der Waals surface area contributed by atoms with E-state index in [0.29, 0.717) is 11.3 Å². The number of nitrogens with zero attached hydrogens (tertiary/aromatic N) is 3. The molecular formula is C27H37F3N4O5. The van der Waals surface area contributed by atoms with E-state index in [4.69, 9.17) is 19.9 Å². The van der Waals surface area contributed by atoms with Gasteiger partial charge in [0.2, 0.25) is 5.95 Å². The van der Waals surface area contributed by atoms with Crippen LogP contribution in [0.4, 0.5) is 28.7 Å². The molecule has 2 N–H and O–H groups in total. The highest BCUT2D eigenvalue weighted by molar-refractivity contribution is 6.08. The topological polar surface area (TPSA) is 117 Å². The number of hydrogen-bond donors (Lipinski definition) is 1. The van der Waals surface area contributed by atoms with E-state index < -0.39 is 47.1 Å². The number of imide groups is 1. The summed E-state index contributed by atoms with van der Waals surface area (Å²) in [6, 6.07) is 4.80. The van der Waals surface area contributed by atoms with Crippen LogP contribution < -0.4 is 15.4 Å². The minimum Gasteiger partial charge on any atom is -0.491 e. The van der Waals surface area contributed by atoms with Crippen molar-refractivity contribution in [2.24, 2.45) is 11.7 Å². The molecule has 1 aromatic carbocycles. The molecule has 0 saturated carbocycles. The summed E-state index contributed by atoms with van der Waals surface area (Å²) in [7, 11) is 0. The van der Waals surface area contributed by atoms with Crippen LogP contribution in [0.15, 0.2) is 30.5 Å². The van der Waals surface area contributed by atoms with E-state index in [1.807, 2.05) is 13.8 Å². The van der Waals surface area contributed by atoms with E-state index in [9.17, 15) is 22.8 Å². The Morgan fingerprint density at radius 1 is 1.03 bits per heavy atom. The summed E-state index contributed by atoms with van der Waals surface area (Å²) in [6.07, 6.45) is -5.75. The number of anilines is 1. The third-order valence-corrected chi connectivity index (χ3v) is 4.95. The van der Waals surface area contributed by atoms with Gasteiger partial charge in [-0.25, -0.2) is 19.6 Å². The average Bonchev–Trinajstić information content (AvgIpc) is 2.74. The average molecular weight is 555 g/mol. The predicted molar refractivity (Wildman–Crippen MR) is 140 cm³/mol. The van der Waals surface area contributed by atoms with Crippen LogP contribution in [0, 0.1) is 5.92 Å². The zero-order valence-electron chi connectivity index (χ0n) is 23.5. The van der Waals surface area contributed by atoms with Gasteiger partial charge in [0.15, 0.2) is 0 Å². The molecule has 2 rings (SSSR count). The molecule has 0 spiro atoms. The van der Waals surface area contributed by atoms with Gasteiger partial charge in [-0.2, -0.15) is 13.2 Å². The standard InChI is InChI=1S/C27H37F3N4O5/c1-16(2)14-26(8,31)15-37-21-10-9-18(13-19(21)27(28,29)30)20-11-12-32-22(33-20)34(23(35)38-17(3)4)24(36)39-25(5,6)7/h9-13,16-17H,14-15,31H2,1-8H3/t26-/m0/s1. The number of nitrogens with two attached hydrogens (primary N) is 1. The fourth-order valence-electron chi connectivity index (χ4n) is 3.69. The zero-order valence-corrected chi connectivity index (χ0v) is 23.5. The highest BCUT2D eigenvalue weighted by Crippen LogP contribution is 2.39. The van der Waals surface area contributed by atoms with Gasteiger partial charge in [0.05, 0.1) is 17.4 Å². The molecule has 0 bridgehead atoms. The number of rotatable bonds is 8. The van der Waals surface area contributed by atoms with Crippen LogP contribution in [-0.2, 0) is 15.7 Å². The fourth-order valence-corrected chi connectivity index (χ4v) is 3.69. The van der Waals surface area contributed by atoms with Crippen LogP contribution in [0.5, 0.6) is 5.75 Å². The molecule has 216 valence electrons. The van der Waals surface area contributed by atoms with E-state index in [0.717, 1.165) is 6.07 Å². The second-order valence-corrected chi connectivity index (χ2v) is 11.2. The largest absolute Gasteiger partial charge is 0.491 e. The molecule has 1 aromatic heterocycles. The van der Waals surface area contributed by atoms with E-state index in [1.54, 1.807) is 41.5 Å². The zero-order chi connectivity index (χ0) is 29.8. The van der Waals surface area contributed by atoms with Crippen molar-refractivity contribution < 1.29 is 37.0 Å². The van der Waals surface area contributed by atoms with Crippen molar-refractivity contribution in [2.75, 3.05) is 11.5 Å². The van der Waals surface area contributed by atoms with Crippen molar-refractivity contribution in [2.45, 2.75) is 85.2 Å². The van der Waals surface area contributed by atoms with Crippen molar-refractivity contribution >= 4 is 18.1 Å². The van der Waals surface area contributed by atoms with Crippen LogP contribution in [0.3, 0.4) is 0 Å². The quantitative estimate of drug-likeness (QED) is 0.388. The number of aromatic nitrogens is 2. The Labute approximate surface area is 226 Å². The smallest absolute Gasteiger partial charge is 0.427 e. The number of amides is 2. The van der Waals surface area contributed by atoms with Crippen molar-refractivity contribution in [3.05, 3.63) is 36.0 Å². The summed E-state index contributed by atoms with van der Waals surface area (Å²) in [5.74, 6) is -0.566. The Hall–Kier alpha value is -3.41. The maximum atomic E-state index is 14.0. The van der Waals surface area contributed by atoms with Crippen LogP contribution in [0.2, 0.25) is 0 Å². The van der Waals surface area contributed by atoms with Gasteiger partial charge in [0.1, 0.15) is 18.0 Å². The van der Waals surface area contributed by atoms with Crippen molar-refractivity contribution in [1.29, 1.82) is 0 Å². The lowest BCUT2D eigenvalue weighted by molar-refractivity contribution is -0.139. The molecule has 0 aliphatic heterocycles. The third kappa shape index (κ3) is 9.68.